The third-order valence-corrected chi connectivity index (χ3v) is 2.98. The maximum Gasteiger partial charge on any atom is 0.0751 e. The van der Waals surface area contributed by atoms with E-state index in [2.05, 4.69) is 60.3 Å². The SMILES string of the molecule is CCCCCN1C=C(c2ccc(C)cc2)NN1. The van der Waals surface area contributed by atoms with E-state index in [9.17, 15) is 0 Å². The molecular weight excluding hydrogens is 210 g/mol. The maximum absolute atomic E-state index is 3.21. The molecule has 1 aliphatic rings. The quantitative estimate of drug-likeness (QED) is 0.763. The summed E-state index contributed by atoms with van der Waals surface area (Å²) >= 11 is 0. The second-order valence-corrected chi connectivity index (χ2v) is 4.55. The van der Waals surface area contributed by atoms with Crippen LogP contribution in [0.1, 0.15) is 37.3 Å². The molecule has 0 amide bonds. The average Bonchev–Trinajstić information content (AvgIpc) is 2.79. The van der Waals surface area contributed by atoms with Gasteiger partial charge >= 0.3 is 0 Å². The maximum atomic E-state index is 3.21. The van der Waals surface area contributed by atoms with Crippen molar-refractivity contribution >= 4 is 5.70 Å². The molecule has 1 aromatic rings. The summed E-state index contributed by atoms with van der Waals surface area (Å²) < 4.78 is 0. The number of nitrogens with zero attached hydrogens (tertiary/aromatic N) is 1. The van der Waals surface area contributed by atoms with Crippen molar-refractivity contribution in [1.82, 2.24) is 16.0 Å². The van der Waals surface area contributed by atoms with Gasteiger partial charge in [0.15, 0.2) is 0 Å². The molecule has 17 heavy (non-hydrogen) atoms. The molecule has 0 spiro atoms. The van der Waals surface area contributed by atoms with Crippen LogP contribution in [0.2, 0.25) is 0 Å². The summed E-state index contributed by atoms with van der Waals surface area (Å²) in [5.74, 6) is 0. The van der Waals surface area contributed by atoms with E-state index in [0.717, 1.165) is 12.2 Å². The van der Waals surface area contributed by atoms with E-state index in [4.69, 9.17) is 0 Å². The molecule has 0 bridgehead atoms. The molecule has 3 nitrogen and oxygen atoms in total. The van der Waals surface area contributed by atoms with Gasteiger partial charge in [0.25, 0.3) is 0 Å². The van der Waals surface area contributed by atoms with Crippen LogP contribution >= 0.6 is 0 Å². The summed E-state index contributed by atoms with van der Waals surface area (Å²) in [6.07, 6.45) is 5.91. The highest BCUT2D eigenvalue weighted by atomic mass is 15.7. The van der Waals surface area contributed by atoms with Gasteiger partial charge < -0.3 is 5.43 Å². The minimum atomic E-state index is 1.05. The molecule has 2 rings (SSSR count). The Kier molecular flexibility index (Phi) is 4.04. The standard InChI is InChI=1S/C14H21N3/c1-3-4-5-10-17-11-14(15-16-17)13-8-6-12(2)7-9-13/h6-9,11,15-16H,3-5,10H2,1-2H3. The van der Waals surface area contributed by atoms with Crippen LogP contribution in [-0.4, -0.2) is 11.6 Å². The van der Waals surface area contributed by atoms with E-state index in [0.29, 0.717) is 0 Å². The molecule has 0 atom stereocenters. The smallest absolute Gasteiger partial charge is 0.0751 e. The lowest BCUT2D eigenvalue weighted by molar-refractivity contribution is 0.267. The Balaban J connectivity index is 1.94. The highest BCUT2D eigenvalue weighted by Gasteiger charge is 2.11. The highest BCUT2D eigenvalue weighted by Crippen LogP contribution is 2.15. The molecule has 0 saturated carbocycles. The van der Waals surface area contributed by atoms with Crippen molar-refractivity contribution < 1.29 is 0 Å². The Labute approximate surface area is 103 Å². The minimum Gasteiger partial charge on any atom is -0.302 e. The molecule has 92 valence electrons. The van der Waals surface area contributed by atoms with Gasteiger partial charge in [0.05, 0.1) is 5.70 Å². The zero-order valence-electron chi connectivity index (χ0n) is 10.7. The summed E-state index contributed by atoms with van der Waals surface area (Å²) in [4.78, 5) is 0. The number of rotatable bonds is 5. The Morgan fingerprint density at radius 3 is 2.59 bits per heavy atom. The van der Waals surface area contributed by atoms with E-state index in [1.54, 1.807) is 0 Å². The van der Waals surface area contributed by atoms with Gasteiger partial charge in [-0.15, -0.1) is 5.53 Å². The largest absolute Gasteiger partial charge is 0.302 e. The van der Waals surface area contributed by atoms with Crippen molar-refractivity contribution in [3.05, 3.63) is 41.6 Å². The van der Waals surface area contributed by atoms with Crippen molar-refractivity contribution in [2.45, 2.75) is 33.1 Å². The molecule has 0 saturated heterocycles. The summed E-state index contributed by atoms with van der Waals surface area (Å²) in [5, 5.41) is 2.12. The Hall–Kier alpha value is -1.48. The molecule has 2 N–H and O–H groups in total. The van der Waals surface area contributed by atoms with E-state index in [-0.39, 0.29) is 0 Å². The second kappa shape index (κ2) is 5.73. The molecular formula is C14H21N3. The lowest BCUT2D eigenvalue weighted by Gasteiger charge is -2.14. The molecule has 0 aromatic heterocycles. The first kappa shape index (κ1) is 12.0. The van der Waals surface area contributed by atoms with Crippen molar-refractivity contribution in [2.24, 2.45) is 0 Å². The lowest BCUT2D eigenvalue weighted by atomic mass is 10.1. The average molecular weight is 231 g/mol. The van der Waals surface area contributed by atoms with Gasteiger partial charge in [0.1, 0.15) is 0 Å². The van der Waals surface area contributed by atoms with Crippen LogP contribution in [0.5, 0.6) is 0 Å². The lowest BCUT2D eigenvalue weighted by Crippen LogP contribution is -2.36. The fourth-order valence-corrected chi connectivity index (χ4v) is 1.88. The number of hydrogen-bond donors (Lipinski definition) is 2. The van der Waals surface area contributed by atoms with Crippen LogP contribution in [0.4, 0.5) is 0 Å². The first-order valence-corrected chi connectivity index (χ1v) is 6.37. The van der Waals surface area contributed by atoms with Crippen LogP contribution in [0.25, 0.3) is 5.70 Å². The van der Waals surface area contributed by atoms with Crippen molar-refractivity contribution in [2.75, 3.05) is 6.54 Å². The summed E-state index contributed by atoms with van der Waals surface area (Å²) in [6, 6.07) is 8.56. The predicted octanol–water partition coefficient (Wildman–Crippen LogP) is 2.81. The molecule has 1 aliphatic heterocycles. The summed E-state index contributed by atoms with van der Waals surface area (Å²) in [6.45, 7) is 5.38. The summed E-state index contributed by atoms with van der Waals surface area (Å²) in [5.41, 5.74) is 10.0. The monoisotopic (exact) mass is 231 g/mol. The Morgan fingerprint density at radius 1 is 1.12 bits per heavy atom. The number of hydrazine groups is 2. The summed E-state index contributed by atoms with van der Waals surface area (Å²) in [7, 11) is 0. The minimum absolute atomic E-state index is 1.05. The van der Waals surface area contributed by atoms with Crippen LogP contribution in [0.3, 0.4) is 0 Å². The molecule has 0 radical (unpaired) electrons. The third-order valence-electron chi connectivity index (χ3n) is 2.98. The van der Waals surface area contributed by atoms with Crippen LogP contribution in [0.15, 0.2) is 30.5 Å². The van der Waals surface area contributed by atoms with Gasteiger partial charge in [-0.1, -0.05) is 49.6 Å². The van der Waals surface area contributed by atoms with Crippen LogP contribution in [-0.2, 0) is 0 Å². The fourth-order valence-electron chi connectivity index (χ4n) is 1.88. The van der Waals surface area contributed by atoms with Gasteiger partial charge in [-0.3, -0.25) is 5.01 Å². The molecule has 1 heterocycles. The topological polar surface area (TPSA) is 27.3 Å². The van der Waals surface area contributed by atoms with Gasteiger partial charge in [0.2, 0.25) is 0 Å². The molecule has 0 aliphatic carbocycles. The number of hydrogen-bond acceptors (Lipinski definition) is 3. The predicted molar refractivity (Wildman–Crippen MR) is 71.7 cm³/mol. The number of unbranched alkanes of at least 4 members (excludes halogenated alkanes) is 2. The Bertz CT molecular complexity index is 381. The van der Waals surface area contributed by atoms with Gasteiger partial charge in [-0.2, -0.15) is 0 Å². The van der Waals surface area contributed by atoms with Gasteiger partial charge in [0, 0.05) is 18.3 Å². The molecule has 3 heteroatoms. The Morgan fingerprint density at radius 2 is 1.88 bits per heavy atom. The van der Waals surface area contributed by atoms with E-state index >= 15 is 0 Å². The zero-order valence-corrected chi connectivity index (χ0v) is 10.7. The van der Waals surface area contributed by atoms with E-state index in [1.165, 1.54) is 30.4 Å². The van der Waals surface area contributed by atoms with Gasteiger partial charge in [-0.25, -0.2) is 0 Å². The van der Waals surface area contributed by atoms with Crippen molar-refractivity contribution in [3.8, 4) is 0 Å². The third kappa shape index (κ3) is 3.24. The number of nitrogens with one attached hydrogen (secondary N) is 2. The van der Waals surface area contributed by atoms with Crippen molar-refractivity contribution in [1.29, 1.82) is 0 Å². The number of benzene rings is 1. The number of aryl methyl sites for hydroxylation is 1. The fraction of sp³-hybridized carbons (Fsp3) is 0.429. The van der Waals surface area contributed by atoms with Gasteiger partial charge in [-0.05, 0) is 13.3 Å². The first-order chi connectivity index (χ1) is 8.29. The van der Waals surface area contributed by atoms with Crippen LogP contribution in [0, 0.1) is 6.92 Å². The molecule has 0 fully saturated rings. The molecule has 0 unspecified atom stereocenters. The van der Waals surface area contributed by atoms with Crippen LogP contribution < -0.4 is 11.0 Å². The normalized spacial score (nSPS) is 14.7. The zero-order chi connectivity index (χ0) is 12.1. The van der Waals surface area contributed by atoms with Crippen molar-refractivity contribution in [3.63, 3.8) is 0 Å². The first-order valence-electron chi connectivity index (χ1n) is 6.37. The highest BCUT2D eigenvalue weighted by molar-refractivity contribution is 5.64. The van der Waals surface area contributed by atoms with E-state index < -0.39 is 0 Å². The van der Waals surface area contributed by atoms with E-state index in [1.807, 2.05) is 0 Å². The second-order valence-electron chi connectivity index (χ2n) is 4.55. The molecule has 1 aromatic carbocycles.